The number of aromatic nitrogens is 1. The molecule has 32 heavy (non-hydrogen) atoms. The van der Waals surface area contributed by atoms with Gasteiger partial charge in [0.25, 0.3) is 5.91 Å². The second-order valence-corrected chi connectivity index (χ2v) is 8.79. The van der Waals surface area contributed by atoms with Gasteiger partial charge in [-0.2, -0.15) is 0 Å². The number of benzene rings is 2. The highest BCUT2D eigenvalue weighted by Gasteiger charge is 2.21. The van der Waals surface area contributed by atoms with Gasteiger partial charge in [0.05, 0.1) is 30.5 Å². The van der Waals surface area contributed by atoms with Crippen molar-refractivity contribution in [3.63, 3.8) is 0 Å². The number of carbonyl (C=O) groups excluding carboxylic acids is 1. The van der Waals surface area contributed by atoms with E-state index in [-0.39, 0.29) is 12.5 Å². The predicted octanol–water partition coefficient (Wildman–Crippen LogP) is 3.75. The Labute approximate surface area is 192 Å². The molecule has 8 heteroatoms. The van der Waals surface area contributed by atoms with Crippen molar-refractivity contribution in [3.8, 4) is 11.5 Å². The minimum Gasteiger partial charge on any atom is -0.497 e. The highest BCUT2D eigenvalue weighted by atomic mass is 32.1. The van der Waals surface area contributed by atoms with E-state index in [0.717, 1.165) is 60.4 Å². The molecule has 1 aromatic heterocycles. The Kier molecular flexibility index (Phi) is 7.57. The van der Waals surface area contributed by atoms with Gasteiger partial charge in [-0.05, 0) is 55.3 Å². The number of aryl methyl sites for hydroxylation is 1. The van der Waals surface area contributed by atoms with Crippen LogP contribution >= 0.6 is 11.3 Å². The highest BCUT2D eigenvalue weighted by molar-refractivity contribution is 7.22. The van der Waals surface area contributed by atoms with E-state index in [4.69, 9.17) is 19.2 Å². The monoisotopic (exact) mass is 455 g/mol. The van der Waals surface area contributed by atoms with Gasteiger partial charge in [-0.25, -0.2) is 4.98 Å². The van der Waals surface area contributed by atoms with Crippen LogP contribution in [0.15, 0.2) is 42.5 Å². The van der Waals surface area contributed by atoms with E-state index in [0.29, 0.717) is 12.3 Å². The molecule has 2 aromatic carbocycles. The van der Waals surface area contributed by atoms with E-state index in [1.54, 1.807) is 35.5 Å². The zero-order valence-corrected chi connectivity index (χ0v) is 19.4. The molecule has 0 spiro atoms. The zero-order valence-electron chi connectivity index (χ0n) is 18.6. The lowest BCUT2D eigenvalue weighted by atomic mass is 10.2. The average Bonchev–Trinajstić information content (AvgIpc) is 3.24. The van der Waals surface area contributed by atoms with E-state index in [1.165, 1.54) is 5.56 Å². The molecule has 0 unspecified atom stereocenters. The van der Waals surface area contributed by atoms with Gasteiger partial charge in [-0.1, -0.05) is 17.4 Å². The molecule has 1 aliphatic heterocycles. The molecule has 1 saturated heterocycles. The lowest BCUT2D eigenvalue weighted by Gasteiger charge is -2.27. The second kappa shape index (κ2) is 10.8. The van der Waals surface area contributed by atoms with E-state index in [1.807, 2.05) is 24.3 Å². The summed E-state index contributed by atoms with van der Waals surface area (Å²) in [4.78, 5) is 22.1. The summed E-state index contributed by atoms with van der Waals surface area (Å²) in [5.74, 6) is 1.28. The fraction of sp³-hybridized carbons (Fsp3) is 0.417. The van der Waals surface area contributed by atoms with Crippen molar-refractivity contribution < 1.29 is 19.0 Å². The number of hydrogen-bond acceptors (Lipinski definition) is 7. The largest absolute Gasteiger partial charge is 0.497 e. The number of rotatable bonds is 9. The van der Waals surface area contributed by atoms with Gasteiger partial charge in [-0.3, -0.25) is 14.6 Å². The number of methoxy groups -OCH3 is 1. The quantitative estimate of drug-likeness (QED) is 0.490. The van der Waals surface area contributed by atoms with Gasteiger partial charge in [0.15, 0.2) is 11.7 Å². The summed E-state index contributed by atoms with van der Waals surface area (Å²) in [6.45, 7) is 6.97. The van der Waals surface area contributed by atoms with E-state index < -0.39 is 0 Å². The summed E-state index contributed by atoms with van der Waals surface area (Å²) >= 11 is 1.55. The van der Waals surface area contributed by atoms with Crippen molar-refractivity contribution in [1.82, 2.24) is 9.88 Å². The van der Waals surface area contributed by atoms with Crippen LogP contribution in [0.2, 0.25) is 0 Å². The van der Waals surface area contributed by atoms with Gasteiger partial charge in [-0.15, -0.1) is 0 Å². The smallest absolute Gasteiger partial charge is 0.266 e. The van der Waals surface area contributed by atoms with E-state index in [9.17, 15) is 4.79 Å². The molecule has 1 aliphatic rings. The topological polar surface area (TPSA) is 64.1 Å². The SMILES string of the molecule is COc1ccc(OCC(=O)N(CCCN2CCOCC2)c2nc3ccc(C)cc3s2)cc1. The van der Waals surface area contributed by atoms with Gasteiger partial charge in [0, 0.05) is 26.2 Å². The lowest BCUT2D eigenvalue weighted by Crippen LogP contribution is -2.40. The maximum Gasteiger partial charge on any atom is 0.266 e. The third kappa shape index (κ3) is 5.76. The van der Waals surface area contributed by atoms with Gasteiger partial charge in [0.2, 0.25) is 0 Å². The van der Waals surface area contributed by atoms with Crippen molar-refractivity contribution in [2.24, 2.45) is 0 Å². The number of hydrogen-bond donors (Lipinski definition) is 0. The first-order valence-corrected chi connectivity index (χ1v) is 11.7. The normalized spacial score (nSPS) is 14.4. The van der Waals surface area contributed by atoms with Crippen LogP contribution in [0.3, 0.4) is 0 Å². The molecule has 1 fully saturated rings. The number of carbonyl (C=O) groups is 1. The van der Waals surface area contributed by atoms with Crippen LogP contribution in [0.4, 0.5) is 5.13 Å². The molecule has 0 radical (unpaired) electrons. The highest BCUT2D eigenvalue weighted by Crippen LogP contribution is 2.30. The van der Waals surface area contributed by atoms with Gasteiger partial charge < -0.3 is 14.2 Å². The molecule has 4 rings (SSSR count). The average molecular weight is 456 g/mol. The first-order valence-electron chi connectivity index (χ1n) is 10.9. The van der Waals surface area contributed by atoms with Crippen LogP contribution in [0.25, 0.3) is 10.2 Å². The van der Waals surface area contributed by atoms with Crippen molar-refractivity contribution in [2.75, 3.05) is 58.0 Å². The molecule has 0 bridgehead atoms. The molecule has 3 aromatic rings. The summed E-state index contributed by atoms with van der Waals surface area (Å²) in [6.07, 6.45) is 0.864. The Hall–Kier alpha value is -2.68. The second-order valence-electron chi connectivity index (χ2n) is 7.78. The van der Waals surface area contributed by atoms with Crippen LogP contribution in [0.5, 0.6) is 11.5 Å². The molecule has 0 aliphatic carbocycles. The number of nitrogens with zero attached hydrogens (tertiary/aromatic N) is 3. The number of thiazole rings is 1. The molecular weight excluding hydrogens is 426 g/mol. The first kappa shape index (κ1) is 22.5. The molecule has 0 N–H and O–H groups in total. The third-order valence-corrected chi connectivity index (χ3v) is 6.49. The Morgan fingerprint density at radius 1 is 1.16 bits per heavy atom. The van der Waals surface area contributed by atoms with Crippen LogP contribution in [-0.2, 0) is 9.53 Å². The summed E-state index contributed by atoms with van der Waals surface area (Å²) in [5, 5.41) is 0.718. The van der Waals surface area contributed by atoms with Crippen molar-refractivity contribution in [2.45, 2.75) is 13.3 Å². The third-order valence-electron chi connectivity index (χ3n) is 5.45. The molecule has 0 atom stereocenters. The molecule has 2 heterocycles. The summed E-state index contributed by atoms with van der Waals surface area (Å²) in [7, 11) is 1.62. The number of amides is 1. The number of anilines is 1. The van der Waals surface area contributed by atoms with Crippen LogP contribution in [-0.4, -0.2) is 68.9 Å². The lowest BCUT2D eigenvalue weighted by molar-refractivity contribution is -0.120. The van der Waals surface area contributed by atoms with Crippen molar-refractivity contribution in [3.05, 3.63) is 48.0 Å². The predicted molar refractivity (Wildman–Crippen MR) is 127 cm³/mol. The number of morpholine rings is 1. The van der Waals surface area contributed by atoms with E-state index >= 15 is 0 Å². The Bertz CT molecular complexity index is 1030. The summed E-state index contributed by atoms with van der Waals surface area (Å²) in [5.41, 5.74) is 2.10. The molecule has 1 amide bonds. The fourth-order valence-corrected chi connectivity index (χ4v) is 4.74. The molecule has 170 valence electrons. The summed E-state index contributed by atoms with van der Waals surface area (Å²) < 4.78 is 17.4. The summed E-state index contributed by atoms with van der Waals surface area (Å²) in [6, 6.07) is 13.4. The Balaban J connectivity index is 1.45. The Morgan fingerprint density at radius 2 is 1.91 bits per heavy atom. The molecule has 7 nitrogen and oxygen atoms in total. The maximum atomic E-state index is 13.2. The Morgan fingerprint density at radius 3 is 2.66 bits per heavy atom. The molecule has 0 saturated carbocycles. The van der Waals surface area contributed by atoms with Gasteiger partial charge >= 0.3 is 0 Å². The first-order chi connectivity index (χ1) is 15.6. The number of ether oxygens (including phenoxy) is 3. The van der Waals surface area contributed by atoms with Crippen LogP contribution in [0, 0.1) is 6.92 Å². The number of fused-ring (bicyclic) bond motifs is 1. The minimum atomic E-state index is -0.0985. The standard InChI is InChI=1S/C24H29N3O4S/c1-18-4-9-21-22(16-18)32-24(25-21)27(11-3-10-26-12-14-30-15-13-26)23(28)17-31-20-7-5-19(29-2)6-8-20/h4-9,16H,3,10-15,17H2,1-2H3. The zero-order chi connectivity index (χ0) is 22.3. The fourth-order valence-electron chi connectivity index (χ4n) is 3.63. The maximum absolute atomic E-state index is 13.2. The van der Waals surface area contributed by atoms with E-state index in [2.05, 4.69) is 17.9 Å². The minimum absolute atomic E-state index is 0.0428. The van der Waals surface area contributed by atoms with Crippen molar-refractivity contribution >= 4 is 32.6 Å². The molecular formula is C24H29N3O4S. The van der Waals surface area contributed by atoms with Crippen LogP contribution < -0.4 is 14.4 Å². The van der Waals surface area contributed by atoms with Crippen LogP contribution in [0.1, 0.15) is 12.0 Å². The van der Waals surface area contributed by atoms with Crippen molar-refractivity contribution in [1.29, 1.82) is 0 Å². The van der Waals surface area contributed by atoms with Gasteiger partial charge in [0.1, 0.15) is 11.5 Å².